The fourth-order valence-corrected chi connectivity index (χ4v) is 2.25. The van der Waals surface area contributed by atoms with Crippen LogP contribution < -0.4 is 10.5 Å². The predicted octanol–water partition coefficient (Wildman–Crippen LogP) is 4.52. The van der Waals surface area contributed by atoms with Gasteiger partial charge in [-0.15, -0.1) is 12.4 Å². The van der Waals surface area contributed by atoms with Gasteiger partial charge in [0.25, 0.3) is 0 Å². The van der Waals surface area contributed by atoms with E-state index in [4.69, 9.17) is 10.5 Å². The van der Waals surface area contributed by atoms with E-state index in [1.54, 1.807) is 7.11 Å². The Morgan fingerprint density at radius 3 is 2.25 bits per heavy atom. The number of hydrogen-bond donors (Lipinski definition) is 1. The summed E-state index contributed by atoms with van der Waals surface area (Å²) in [4.78, 5) is 0. The largest absolute Gasteiger partial charge is 0.497 e. The summed E-state index contributed by atoms with van der Waals surface area (Å²) in [5.41, 5.74) is 8.92. The summed E-state index contributed by atoms with van der Waals surface area (Å²) in [5.74, 6) is 0.879. The summed E-state index contributed by atoms with van der Waals surface area (Å²) in [6.45, 7) is 0. The number of nitrogen functional groups attached to an aromatic ring is 1. The number of benzene rings is 3. The molecule has 102 valence electrons. The third-order valence-corrected chi connectivity index (χ3v) is 3.27. The smallest absolute Gasteiger partial charge is 0.119 e. The van der Waals surface area contributed by atoms with Crippen molar-refractivity contribution in [1.82, 2.24) is 0 Å². The molecule has 0 atom stereocenters. The van der Waals surface area contributed by atoms with Gasteiger partial charge >= 0.3 is 0 Å². The Balaban J connectivity index is 0.00000147. The van der Waals surface area contributed by atoms with Crippen molar-refractivity contribution in [3.05, 3.63) is 60.7 Å². The molecule has 0 spiro atoms. The molecule has 20 heavy (non-hydrogen) atoms. The molecule has 0 unspecified atom stereocenters. The Kier molecular flexibility index (Phi) is 4.16. The maximum absolute atomic E-state index is 5.83. The summed E-state index contributed by atoms with van der Waals surface area (Å²) >= 11 is 0. The number of ether oxygens (including phenoxy) is 1. The van der Waals surface area contributed by atoms with E-state index < -0.39 is 0 Å². The lowest BCUT2D eigenvalue weighted by Gasteiger charge is -2.06. The molecule has 2 N–H and O–H groups in total. The van der Waals surface area contributed by atoms with Crippen molar-refractivity contribution in [1.29, 1.82) is 0 Å². The van der Waals surface area contributed by atoms with Crippen LogP contribution in [-0.4, -0.2) is 7.11 Å². The van der Waals surface area contributed by atoms with Crippen LogP contribution >= 0.6 is 12.4 Å². The zero-order chi connectivity index (χ0) is 13.2. The molecule has 3 aromatic rings. The third kappa shape index (κ3) is 2.70. The van der Waals surface area contributed by atoms with E-state index in [0.29, 0.717) is 0 Å². The van der Waals surface area contributed by atoms with Gasteiger partial charge in [-0.3, -0.25) is 0 Å². The average Bonchev–Trinajstić information content (AvgIpc) is 2.46. The van der Waals surface area contributed by atoms with Crippen LogP contribution in [-0.2, 0) is 0 Å². The second kappa shape index (κ2) is 5.85. The summed E-state index contributed by atoms with van der Waals surface area (Å²) < 4.78 is 5.24. The number of nitrogens with two attached hydrogens (primary N) is 1. The first-order valence-electron chi connectivity index (χ1n) is 6.20. The van der Waals surface area contributed by atoms with Crippen LogP contribution in [0.1, 0.15) is 0 Å². The van der Waals surface area contributed by atoms with Crippen molar-refractivity contribution >= 4 is 28.9 Å². The van der Waals surface area contributed by atoms with Crippen molar-refractivity contribution in [2.75, 3.05) is 12.8 Å². The molecule has 0 aliphatic carbocycles. The lowest BCUT2D eigenvalue weighted by atomic mass is 10.0. The maximum atomic E-state index is 5.83. The van der Waals surface area contributed by atoms with Crippen LogP contribution in [0.5, 0.6) is 5.75 Å². The number of hydrogen-bond acceptors (Lipinski definition) is 2. The molecule has 0 fully saturated rings. The van der Waals surface area contributed by atoms with Crippen LogP contribution in [0, 0.1) is 0 Å². The second-order valence-electron chi connectivity index (χ2n) is 4.55. The van der Waals surface area contributed by atoms with Gasteiger partial charge in [0.05, 0.1) is 7.11 Å². The van der Waals surface area contributed by atoms with Crippen LogP contribution in [0.4, 0.5) is 5.69 Å². The van der Waals surface area contributed by atoms with Gasteiger partial charge < -0.3 is 10.5 Å². The van der Waals surface area contributed by atoms with Crippen LogP contribution in [0.3, 0.4) is 0 Å². The van der Waals surface area contributed by atoms with Gasteiger partial charge in [-0.2, -0.15) is 0 Å². The van der Waals surface area contributed by atoms with Crippen LogP contribution in [0.15, 0.2) is 60.7 Å². The van der Waals surface area contributed by atoms with E-state index in [1.807, 2.05) is 30.3 Å². The number of methoxy groups -OCH3 is 1. The summed E-state index contributed by atoms with van der Waals surface area (Å²) in [6.07, 6.45) is 0. The Morgan fingerprint density at radius 1 is 0.800 bits per heavy atom. The summed E-state index contributed by atoms with van der Waals surface area (Å²) in [6, 6.07) is 20.4. The molecule has 3 aromatic carbocycles. The van der Waals surface area contributed by atoms with Gasteiger partial charge in [0.2, 0.25) is 0 Å². The molecular weight excluding hydrogens is 270 g/mol. The number of fused-ring (bicyclic) bond motifs is 1. The highest BCUT2D eigenvalue weighted by atomic mass is 35.5. The van der Waals surface area contributed by atoms with Crippen molar-refractivity contribution in [2.24, 2.45) is 0 Å². The predicted molar refractivity (Wildman–Crippen MR) is 87.6 cm³/mol. The summed E-state index contributed by atoms with van der Waals surface area (Å²) in [7, 11) is 1.68. The lowest BCUT2D eigenvalue weighted by Crippen LogP contribution is -1.86. The van der Waals surface area contributed by atoms with Gasteiger partial charge in [-0.1, -0.05) is 30.3 Å². The Morgan fingerprint density at radius 2 is 1.50 bits per heavy atom. The van der Waals surface area contributed by atoms with E-state index in [0.717, 1.165) is 17.0 Å². The molecule has 0 saturated carbocycles. The third-order valence-electron chi connectivity index (χ3n) is 3.27. The van der Waals surface area contributed by atoms with E-state index in [9.17, 15) is 0 Å². The van der Waals surface area contributed by atoms with Crippen molar-refractivity contribution < 1.29 is 4.74 Å². The molecule has 2 nitrogen and oxygen atoms in total. The number of halogens is 1. The van der Waals surface area contributed by atoms with Gasteiger partial charge in [0.1, 0.15) is 5.75 Å². The second-order valence-corrected chi connectivity index (χ2v) is 4.55. The molecule has 0 aliphatic rings. The van der Waals surface area contributed by atoms with Crippen molar-refractivity contribution in [3.63, 3.8) is 0 Å². The van der Waals surface area contributed by atoms with E-state index in [-0.39, 0.29) is 12.4 Å². The van der Waals surface area contributed by atoms with E-state index >= 15 is 0 Å². The van der Waals surface area contributed by atoms with Gasteiger partial charge in [0, 0.05) is 5.69 Å². The Bertz CT molecular complexity index is 740. The Hall–Kier alpha value is -2.19. The monoisotopic (exact) mass is 285 g/mol. The quantitative estimate of drug-likeness (QED) is 0.703. The zero-order valence-corrected chi connectivity index (χ0v) is 12.0. The molecule has 0 amide bonds. The first-order valence-corrected chi connectivity index (χ1v) is 6.20. The van der Waals surface area contributed by atoms with Gasteiger partial charge in [-0.25, -0.2) is 0 Å². The van der Waals surface area contributed by atoms with E-state index in [1.165, 1.54) is 16.3 Å². The Labute approximate surface area is 124 Å². The number of rotatable bonds is 2. The van der Waals surface area contributed by atoms with Gasteiger partial charge in [0.15, 0.2) is 0 Å². The molecule has 0 saturated heterocycles. The fraction of sp³-hybridized carbons (Fsp3) is 0.0588. The first-order chi connectivity index (χ1) is 9.26. The number of anilines is 1. The fourth-order valence-electron chi connectivity index (χ4n) is 2.25. The highest BCUT2D eigenvalue weighted by molar-refractivity contribution is 5.88. The van der Waals surface area contributed by atoms with Crippen molar-refractivity contribution in [3.8, 4) is 16.9 Å². The van der Waals surface area contributed by atoms with Crippen LogP contribution in [0.25, 0.3) is 21.9 Å². The summed E-state index contributed by atoms with van der Waals surface area (Å²) in [5, 5.41) is 2.37. The molecular formula is C17H16ClNO. The highest BCUT2D eigenvalue weighted by Crippen LogP contribution is 2.27. The van der Waals surface area contributed by atoms with Crippen LogP contribution in [0.2, 0.25) is 0 Å². The minimum absolute atomic E-state index is 0. The molecule has 0 bridgehead atoms. The highest BCUT2D eigenvalue weighted by Gasteiger charge is 2.01. The minimum atomic E-state index is 0. The normalized spacial score (nSPS) is 10.1. The maximum Gasteiger partial charge on any atom is 0.119 e. The molecule has 0 radical (unpaired) electrons. The average molecular weight is 286 g/mol. The first kappa shape index (κ1) is 14.2. The standard InChI is InChI=1S/C17H15NO.ClH/c1-19-17-8-7-14-9-13(5-6-15(14)11-17)12-3-2-4-16(18)10-12;/h2-11H,18H2,1H3;1H. The molecule has 0 heterocycles. The zero-order valence-electron chi connectivity index (χ0n) is 11.2. The lowest BCUT2D eigenvalue weighted by molar-refractivity contribution is 0.415. The molecule has 3 heteroatoms. The van der Waals surface area contributed by atoms with E-state index in [2.05, 4.69) is 30.3 Å². The topological polar surface area (TPSA) is 35.2 Å². The molecule has 0 aromatic heterocycles. The molecule has 3 rings (SSSR count). The minimum Gasteiger partial charge on any atom is -0.497 e. The van der Waals surface area contributed by atoms with Gasteiger partial charge in [-0.05, 0) is 52.2 Å². The van der Waals surface area contributed by atoms with Crippen molar-refractivity contribution in [2.45, 2.75) is 0 Å². The SMILES string of the molecule is COc1ccc2cc(-c3cccc(N)c3)ccc2c1.Cl. The molecule has 0 aliphatic heterocycles.